The number of hydrogen-bond acceptors (Lipinski definition) is 26. The summed E-state index contributed by atoms with van der Waals surface area (Å²) in [4.78, 5) is 10.2. The molecule has 0 aliphatic carbocycles. The van der Waals surface area contributed by atoms with Crippen LogP contribution in [0.5, 0.6) is 0 Å². The van der Waals surface area contributed by atoms with Gasteiger partial charge in [-0.25, -0.2) is 0 Å². The molecule has 0 aromatic rings. The standard InChI is InChI=1S/2C15H36O5Si2.2C13H32O5Si2.C11H28O6Si2/c1-13(2)12-22(18-4,20-21(5,6)7)10-8-9-19-11-15(17)14(3)16;1-8-11-22(18-4,20-21(5,6)7)12-9-10-19-13-15(3,17)14(2)16;1-12(14)13(2,15)11-17-9-8-10-20(7,16-3)18-19(4,5)6;1-7-20(16-3,18-19(4,5)6)10-8-9-17-11-13(15)12(2)14;1-10(12)11(13)9-16-7-6-8-19(14,15-2)17-18(3,4)5/h13-17H,8-12H2,1-7H3;14,16-17H,8-13H2,1-7H3;12,14-15H,8-11H2,1-7H3;12-15H,7-11H2,1-6H3;10-14H,6-9H2,1-5H3. The Morgan fingerprint density at radius 3 is 0.903 bits per heavy atom. The number of ether oxygens (including phenoxy) is 5. The van der Waals surface area contributed by atoms with Gasteiger partial charge in [-0.15, -0.1) is 0 Å². The largest absolute Gasteiger partial charge is 0.487 e. The summed E-state index contributed by atoms with van der Waals surface area (Å²) in [6.45, 7) is 57.1. The van der Waals surface area contributed by atoms with Gasteiger partial charge in [0.15, 0.2) is 41.6 Å². The molecule has 0 aromatic heterocycles. The fourth-order valence-electron chi connectivity index (χ4n) is 9.73. The maximum atomic E-state index is 10.2. The maximum Gasteiger partial charge on any atom is 0.487 e. The second-order valence-electron chi connectivity index (χ2n) is 33.2. The van der Waals surface area contributed by atoms with E-state index in [0.29, 0.717) is 51.4 Å². The van der Waals surface area contributed by atoms with Crippen LogP contribution in [-0.4, -0.2) is 302 Å². The van der Waals surface area contributed by atoms with Gasteiger partial charge in [0, 0.05) is 74.6 Å². The highest BCUT2D eigenvalue weighted by molar-refractivity contribution is 6.84. The smallest absolute Gasteiger partial charge is 0.436 e. The van der Waals surface area contributed by atoms with Crippen LogP contribution in [0, 0.1) is 5.92 Å². The molecule has 26 nitrogen and oxygen atoms in total. The van der Waals surface area contributed by atoms with Crippen LogP contribution < -0.4 is 0 Å². The predicted molar refractivity (Wildman–Crippen MR) is 438 cm³/mol. The van der Waals surface area contributed by atoms with Crippen LogP contribution in [0.1, 0.15) is 115 Å². The number of rotatable bonds is 55. The van der Waals surface area contributed by atoms with Crippen LogP contribution in [0.25, 0.3) is 0 Å². The highest BCUT2D eigenvalue weighted by atomic mass is 28.5. The molecule has 0 aliphatic rings. The van der Waals surface area contributed by atoms with Gasteiger partial charge in [-0.2, -0.15) is 0 Å². The maximum absolute atomic E-state index is 10.2. The second-order valence-corrected chi connectivity index (χ2v) is 73.7. The van der Waals surface area contributed by atoms with E-state index in [4.69, 9.17) is 76.6 Å². The molecule has 36 heteroatoms. The Labute approximate surface area is 638 Å². The minimum atomic E-state index is -3.09. The van der Waals surface area contributed by atoms with Crippen LogP contribution in [0.2, 0.25) is 153 Å². The van der Waals surface area contributed by atoms with Crippen molar-refractivity contribution in [2.45, 2.75) is 328 Å². The van der Waals surface area contributed by atoms with E-state index in [1.165, 1.54) is 14.0 Å². The lowest BCUT2D eigenvalue weighted by atomic mass is 10.0. The first-order chi connectivity index (χ1) is 46.7. The van der Waals surface area contributed by atoms with E-state index in [1.807, 2.05) is 19.6 Å². The molecular formula is C67H164O26Si10. The molecule has 0 amide bonds. The fraction of sp³-hybridized carbons (Fsp3) is 1.00. The molecule has 0 aromatic carbocycles. The van der Waals surface area contributed by atoms with Crippen molar-refractivity contribution < 1.29 is 122 Å². The van der Waals surface area contributed by atoms with E-state index in [1.54, 1.807) is 70.0 Å². The van der Waals surface area contributed by atoms with E-state index >= 15 is 0 Å². The minimum Gasteiger partial charge on any atom is -0.436 e. The molecule has 0 aliphatic heterocycles. The minimum absolute atomic E-state index is 0.0828. The molecular weight excluding hydrogens is 1500 g/mol. The summed E-state index contributed by atoms with van der Waals surface area (Å²) >= 11 is 0. The van der Waals surface area contributed by atoms with Gasteiger partial charge in [-0.05, 0) is 234 Å². The van der Waals surface area contributed by atoms with Crippen molar-refractivity contribution in [1.29, 1.82) is 0 Å². The molecule has 15 atom stereocenters. The summed E-state index contributed by atoms with van der Waals surface area (Å²) in [5.74, 6) is 0.543. The normalized spacial score (nSPS) is 19.1. The Hall–Kier alpha value is 1.13. The lowest BCUT2D eigenvalue weighted by Crippen LogP contribution is -2.49. The molecule has 628 valence electrons. The van der Waals surface area contributed by atoms with Gasteiger partial charge in [0.05, 0.1) is 63.6 Å². The molecule has 0 saturated carbocycles. The van der Waals surface area contributed by atoms with E-state index < -0.39 is 145 Å². The Kier molecular flexibility index (Phi) is 60.8. The van der Waals surface area contributed by atoms with Crippen LogP contribution in [0.15, 0.2) is 0 Å². The van der Waals surface area contributed by atoms with Gasteiger partial charge in [0.25, 0.3) is 0 Å². The van der Waals surface area contributed by atoms with Gasteiger partial charge in [-0.3, -0.25) is 0 Å². The topological polar surface area (TPSA) is 361 Å². The fourth-order valence-corrected chi connectivity index (χ4v) is 45.1. The van der Waals surface area contributed by atoms with Crippen molar-refractivity contribution in [3.8, 4) is 0 Å². The SMILES string of the molecule is CCC[Si](CCCOCC(C)(O)C(C)O)(OC)O[Si](C)(C)C.CC[Si](CCCOCC(O)C(C)O)(OC)O[Si](C)(C)C.CO[Si](C)(CCCOCC(C)(O)C(C)O)O[Si](C)(C)C.CO[Si](CCCOCC(O)C(C)O)(CC(C)C)O[Si](C)(C)C.CO[Si](O)(CCCOCC(O)C(C)O)O[Si](C)(C)C. The van der Waals surface area contributed by atoms with E-state index in [0.717, 1.165) is 74.4 Å². The summed E-state index contributed by atoms with van der Waals surface area (Å²) in [6.07, 6.45) is -1.43. The zero-order valence-corrected chi connectivity index (χ0v) is 81.2. The lowest BCUT2D eigenvalue weighted by Gasteiger charge is -2.36. The predicted octanol–water partition coefficient (Wildman–Crippen LogP) is 10.4. The third-order valence-electron chi connectivity index (χ3n) is 15.6. The summed E-state index contributed by atoms with van der Waals surface area (Å²) in [5.41, 5.74) is -2.40. The average molecular weight is 1670 g/mol. The van der Waals surface area contributed by atoms with Gasteiger partial charge in [-0.1, -0.05) is 34.1 Å². The van der Waals surface area contributed by atoms with Gasteiger partial charge >= 0.3 is 43.0 Å². The quantitative estimate of drug-likeness (QED) is 0.0199. The first-order valence-electron chi connectivity index (χ1n) is 37.4. The Morgan fingerprint density at radius 2 is 0.631 bits per heavy atom. The summed E-state index contributed by atoms with van der Waals surface area (Å²) < 4.78 is 86.3. The van der Waals surface area contributed by atoms with Crippen LogP contribution in [-0.2, 0) is 66.4 Å². The molecule has 0 fully saturated rings. The first kappa shape index (κ1) is 113. The first-order valence-corrected chi connectivity index (χ1v) is 65.7. The van der Waals surface area contributed by atoms with Crippen molar-refractivity contribution in [2.75, 3.05) is 102 Å². The molecule has 0 bridgehead atoms. The third-order valence-corrected chi connectivity index (χ3v) is 48.4. The summed E-state index contributed by atoms with van der Waals surface area (Å²) in [6, 6.07) is 6.92. The van der Waals surface area contributed by atoms with Crippen molar-refractivity contribution >= 4 is 84.6 Å². The zero-order chi connectivity index (χ0) is 81.8. The van der Waals surface area contributed by atoms with Crippen LogP contribution in [0.4, 0.5) is 0 Å². The Balaban J connectivity index is -0.000000389. The third kappa shape index (κ3) is 63.3. The molecule has 15 unspecified atom stereocenters. The summed E-state index contributed by atoms with van der Waals surface area (Å²) in [7, 11) is -11.6. The zero-order valence-electron chi connectivity index (χ0n) is 71.2. The number of hydrogen-bond donors (Lipinski definition) is 11. The molecule has 0 radical (unpaired) electrons. The Morgan fingerprint density at radius 1 is 0.340 bits per heavy atom. The van der Waals surface area contributed by atoms with Crippen LogP contribution in [0.3, 0.4) is 0 Å². The Bertz CT molecular complexity index is 2020. The molecule has 0 spiro atoms. The molecule has 0 heterocycles. The monoisotopic (exact) mass is 1660 g/mol. The molecule has 0 rings (SSSR count). The van der Waals surface area contributed by atoms with E-state index in [9.17, 15) is 45.6 Å². The molecule has 0 saturated heterocycles. The number of aliphatic hydroxyl groups excluding tert-OH is 8. The van der Waals surface area contributed by atoms with Gasteiger partial charge in [0.2, 0.25) is 0 Å². The van der Waals surface area contributed by atoms with Crippen molar-refractivity contribution in [3.63, 3.8) is 0 Å². The molecule has 103 heavy (non-hydrogen) atoms. The van der Waals surface area contributed by atoms with Crippen LogP contribution >= 0.6 is 0 Å². The highest BCUT2D eigenvalue weighted by Gasteiger charge is 2.44. The van der Waals surface area contributed by atoms with Crippen molar-refractivity contribution in [3.05, 3.63) is 0 Å². The van der Waals surface area contributed by atoms with Gasteiger partial charge < -0.3 is 122 Å². The summed E-state index contributed by atoms with van der Waals surface area (Å²) in [5, 5.41) is 94.3. The van der Waals surface area contributed by atoms with Gasteiger partial charge in [0.1, 0.15) is 29.5 Å². The van der Waals surface area contributed by atoms with Crippen molar-refractivity contribution in [1.82, 2.24) is 0 Å². The second kappa shape index (κ2) is 55.6. The molecule has 11 N–H and O–H groups in total. The average Bonchev–Trinajstić information content (AvgIpc) is 0.860. The van der Waals surface area contributed by atoms with Crippen molar-refractivity contribution in [2.24, 2.45) is 5.92 Å². The number of aliphatic hydroxyl groups is 10. The lowest BCUT2D eigenvalue weighted by molar-refractivity contribution is -0.102. The highest BCUT2D eigenvalue weighted by Crippen LogP contribution is 2.31. The van der Waals surface area contributed by atoms with E-state index in [-0.39, 0.29) is 33.0 Å². The van der Waals surface area contributed by atoms with E-state index in [2.05, 4.69) is 113 Å².